The van der Waals surface area contributed by atoms with Gasteiger partial charge in [0.25, 0.3) is 0 Å². The average molecular weight is 424 g/mol. The first-order chi connectivity index (χ1) is 14.5. The molecule has 2 amide bonds. The molecule has 0 aliphatic heterocycles. The average Bonchev–Trinajstić information content (AvgIpc) is 3.10. The Bertz CT molecular complexity index is 1000. The van der Waals surface area contributed by atoms with Crippen LogP contribution in [0.15, 0.2) is 59.8 Å². The van der Waals surface area contributed by atoms with Crippen molar-refractivity contribution in [1.29, 1.82) is 0 Å². The number of benzene rings is 2. The summed E-state index contributed by atoms with van der Waals surface area (Å²) in [7, 11) is 0. The third kappa shape index (κ3) is 5.70. The summed E-state index contributed by atoms with van der Waals surface area (Å²) >= 11 is 1.39. The standard InChI is InChI=1S/C22H25N5O2S/c1-4-27-20(14-17-8-6-5-7-9-17)25-26-22(27)30-15(2)21(29)24-19-12-10-18(11-13-19)23-16(3)28/h5-13,15H,4,14H2,1-3H3,(H,23,28)(H,24,29)/t15-/m1/s1. The molecule has 8 heteroatoms. The van der Waals surface area contributed by atoms with Crippen LogP contribution in [0.25, 0.3) is 0 Å². The summed E-state index contributed by atoms with van der Waals surface area (Å²) in [6.45, 7) is 6.08. The summed E-state index contributed by atoms with van der Waals surface area (Å²) in [5.41, 5.74) is 2.53. The van der Waals surface area contributed by atoms with Gasteiger partial charge >= 0.3 is 0 Å². The van der Waals surface area contributed by atoms with Crippen LogP contribution in [0, 0.1) is 0 Å². The molecule has 2 N–H and O–H groups in total. The summed E-state index contributed by atoms with van der Waals surface area (Å²) < 4.78 is 2.05. The molecule has 0 saturated carbocycles. The molecule has 0 saturated heterocycles. The van der Waals surface area contributed by atoms with Gasteiger partial charge in [-0.25, -0.2) is 0 Å². The maximum absolute atomic E-state index is 12.6. The number of anilines is 2. The highest BCUT2D eigenvalue weighted by molar-refractivity contribution is 8.00. The zero-order valence-electron chi connectivity index (χ0n) is 17.3. The van der Waals surface area contributed by atoms with E-state index in [1.807, 2.05) is 36.6 Å². The van der Waals surface area contributed by atoms with Crippen LogP contribution in [0.1, 0.15) is 32.2 Å². The third-order valence-corrected chi connectivity index (χ3v) is 5.52. The molecule has 0 unspecified atom stereocenters. The predicted octanol–water partition coefficient (Wildman–Crippen LogP) is 3.97. The van der Waals surface area contributed by atoms with Crippen molar-refractivity contribution in [3.63, 3.8) is 0 Å². The fraction of sp³-hybridized carbons (Fsp3) is 0.273. The monoisotopic (exact) mass is 423 g/mol. The van der Waals surface area contributed by atoms with Crippen molar-refractivity contribution >= 4 is 35.0 Å². The maximum atomic E-state index is 12.6. The smallest absolute Gasteiger partial charge is 0.237 e. The van der Waals surface area contributed by atoms with Gasteiger partial charge in [-0.15, -0.1) is 10.2 Å². The molecule has 3 aromatic rings. The van der Waals surface area contributed by atoms with E-state index in [1.54, 1.807) is 24.3 Å². The van der Waals surface area contributed by atoms with E-state index in [1.165, 1.54) is 24.2 Å². The lowest BCUT2D eigenvalue weighted by atomic mass is 10.1. The number of thioether (sulfide) groups is 1. The van der Waals surface area contributed by atoms with Crippen molar-refractivity contribution in [3.8, 4) is 0 Å². The first kappa shape index (κ1) is 21.6. The maximum Gasteiger partial charge on any atom is 0.237 e. The van der Waals surface area contributed by atoms with Crippen LogP contribution >= 0.6 is 11.8 Å². The number of hydrogen-bond acceptors (Lipinski definition) is 5. The van der Waals surface area contributed by atoms with E-state index in [0.29, 0.717) is 17.8 Å². The lowest BCUT2D eigenvalue weighted by Crippen LogP contribution is -2.23. The largest absolute Gasteiger partial charge is 0.326 e. The van der Waals surface area contributed by atoms with Crippen LogP contribution in [-0.2, 0) is 22.6 Å². The number of nitrogens with zero attached hydrogens (tertiary/aromatic N) is 3. The second-order valence-corrected chi connectivity index (χ2v) is 8.12. The van der Waals surface area contributed by atoms with Crippen molar-refractivity contribution in [2.24, 2.45) is 0 Å². The van der Waals surface area contributed by atoms with Crippen LogP contribution in [0.2, 0.25) is 0 Å². The summed E-state index contributed by atoms with van der Waals surface area (Å²) in [5.74, 6) is 0.624. The number of amides is 2. The van der Waals surface area contributed by atoms with Gasteiger partial charge in [-0.1, -0.05) is 42.1 Å². The van der Waals surface area contributed by atoms with E-state index < -0.39 is 0 Å². The Kier molecular flexibility index (Phi) is 7.24. The molecule has 1 atom stereocenters. The second kappa shape index (κ2) is 10.1. The molecular weight excluding hydrogens is 398 g/mol. The highest BCUT2D eigenvalue weighted by Gasteiger charge is 2.20. The normalized spacial score (nSPS) is 11.7. The number of nitrogens with one attached hydrogen (secondary N) is 2. The van der Waals surface area contributed by atoms with Crippen LogP contribution in [-0.4, -0.2) is 31.8 Å². The van der Waals surface area contributed by atoms with Crippen molar-refractivity contribution in [3.05, 3.63) is 66.0 Å². The Hall–Kier alpha value is -3.13. The molecule has 0 spiro atoms. The molecule has 1 aromatic heterocycles. The quantitative estimate of drug-likeness (QED) is 0.535. The Balaban J connectivity index is 1.63. The predicted molar refractivity (Wildman–Crippen MR) is 120 cm³/mol. The van der Waals surface area contributed by atoms with Crippen LogP contribution in [0.5, 0.6) is 0 Å². The minimum absolute atomic E-state index is 0.123. The molecule has 30 heavy (non-hydrogen) atoms. The SMILES string of the molecule is CCn1c(Cc2ccccc2)nnc1S[C@H](C)C(=O)Nc1ccc(NC(C)=O)cc1. The molecule has 0 fully saturated rings. The van der Waals surface area contributed by atoms with Crippen LogP contribution < -0.4 is 10.6 Å². The molecular formula is C22H25N5O2S. The summed E-state index contributed by atoms with van der Waals surface area (Å²) in [5, 5.41) is 14.6. The molecule has 1 heterocycles. The van der Waals surface area contributed by atoms with Crippen molar-refractivity contribution < 1.29 is 9.59 Å². The Morgan fingerprint density at radius 1 is 1.00 bits per heavy atom. The van der Waals surface area contributed by atoms with Crippen LogP contribution in [0.3, 0.4) is 0 Å². The van der Waals surface area contributed by atoms with E-state index in [0.717, 1.165) is 17.5 Å². The van der Waals surface area contributed by atoms with E-state index in [2.05, 4.69) is 33.0 Å². The van der Waals surface area contributed by atoms with Crippen molar-refractivity contribution in [1.82, 2.24) is 14.8 Å². The summed E-state index contributed by atoms with van der Waals surface area (Å²) in [4.78, 5) is 23.7. The van der Waals surface area contributed by atoms with Crippen LogP contribution in [0.4, 0.5) is 11.4 Å². The van der Waals surface area contributed by atoms with Gasteiger partial charge in [0.15, 0.2) is 5.16 Å². The van der Waals surface area contributed by atoms with Gasteiger partial charge in [-0.3, -0.25) is 9.59 Å². The lowest BCUT2D eigenvalue weighted by molar-refractivity contribution is -0.115. The fourth-order valence-corrected chi connectivity index (χ4v) is 3.86. The molecule has 0 aliphatic carbocycles. The van der Waals surface area contributed by atoms with Gasteiger partial charge < -0.3 is 15.2 Å². The minimum atomic E-state index is -0.348. The first-order valence-electron chi connectivity index (χ1n) is 9.77. The molecule has 7 nitrogen and oxygen atoms in total. The van der Waals surface area contributed by atoms with E-state index >= 15 is 0 Å². The molecule has 0 bridgehead atoms. The summed E-state index contributed by atoms with van der Waals surface area (Å²) in [6.07, 6.45) is 0.698. The fourth-order valence-electron chi connectivity index (χ4n) is 2.93. The molecule has 2 aromatic carbocycles. The number of carbonyl (C=O) groups excluding carboxylic acids is 2. The van der Waals surface area contributed by atoms with Gasteiger partial charge in [0.2, 0.25) is 11.8 Å². The number of hydrogen-bond donors (Lipinski definition) is 2. The number of rotatable bonds is 8. The summed E-state index contributed by atoms with van der Waals surface area (Å²) in [6, 6.07) is 17.1. The highest BCUT2D eigenvalue weighted by atomic mass is 32.2. The van der Waals surface area contributed by atoms with Gasteiger partial charge in [0.05, 0.1) is 5.25 Å². The van der Waals surface area contributed by atoms with Gasteiger partial charge in [0.1, 0.15) is 5.82 Å². The molecule has 3 rings (SSSR count). The third-order valence-electron chi connectivity index (χ3n) is 4.44. The zero-order valence-corrected chi connectivity index (χ0v) is 18.1. The topological polar surface area (TPSA) is 88.9 Å². The molecule has 156 valence electrons. The highest BCUT2D eigenvalue weighted by Crippen LogP contribution is 2.24. The lowest BCUT2D eigenvalue weighted by Gasteiger charge is -2.13. The van der Waals surface area contributed by atoms with Crippen molar-refractivity contribution in [2.75, 3.05) is 10.6 Å². The van der Waals surface area contributed by atoms with Gasteiger partial charge in [-0.05, 0) is 43.7 Å². The Labute approximate surface area is 180 Å². The van der Waals surface area contributed by atoms with E-state index in [9.17, 15) is 9.59 Å². The Morgan fingerprint density at radius 3 is 2.23 bits per heavy atom. The Morgan fingerprint density at radius 2 is 1.63 bits per heavy atom. The van der Waals surface area contributed by atoms with Gasteiger partial charge in [-0.2, -0.15) is 0 Å². The second-order valence-electron chi connectivity index (χ2n) is 6.81. The molecule has 0 radical (unpaired) electrons. The first-order valence-corrected chi connectivity index (χ1v) is 10.7. The minimum Gasteiger partial charge on any atom is -0.326 e. The van der Waals surface area contributed by atoms with E-state index in [-0.39, 0.29) is 17.1 Å². The van der Waals surface area contributed by atoms with Crippen molar-refractivity contribution in [2.45, 2.75) is 44.1 Å². The molecule has 0 aliphatic rings. The zero-order chi connectivity index (χ0) is 21.5. The van der Waals surface area contributed by atoms with E-state index in [4.69, 9.17) is 0 Å². The number of carbonyl (C=O) groups is 2. The number of aromatic nitrogens is 3. The van der Waals surface area contributed by atoms with Gasteiger partial charge in [0, 0.05) is 31.3 Å².